The van der Waals surface area contributed by atoms with E-state index in [2.05, 4.69) is 47.5 Å². The minimum absolute atomic E-state index is 0.339. The second-order valence-corrected chi connectivity index (χ2v) is 5.33. The number of aryl methyl sites for hydroxylation is 1. The van der Waals surface area contributed by atoms with Crippen LogP contribution in [0.2, 0.25) is 0 Å². The van der Waals surface area contributed by atoms with Crippen molar-refractivity contribution in [2.24, 2.45) is 0 Å². The van der Waals surface area contributed by atoms with Gasteiger partial charge in [0, 0.05) is 11.3 Å². The van der Waals surface area contributed by atoms with E-state index >= 15 is 0 Å². The van der Waals surface area contributed by atoms with E-state index in [1.165, 1.54) is 16.7 Å². The fourth-order valence-corrected chi connectivity index (χ4v) is 2.67. The summed E-state index contributed by atoms with van der Waals surface area (Å²) < 4.78 is 6.00. The number of nitrogens with zero attached hydrogens (tertiary/aromatic N) is 1. The number of nitrogens with one attached hydrogen (secondary N) is 1. The average molecular weight is 268 g/mol. The summed E-state index contributed by atoms with van der Waals surface area (Å²) in [6, 6.07) is 10.4. The molecule has 0 saturated carbocycles. The van der Waals surface area contributed by atoms with Gasteiger partial charge in [-0.1, -0.05) is 36.4 Å². The van der Waals surface area contributed by atoms with Crippen LogP contribution in [0.15, 0.2) is 42.6 Å². The fourth-order valence-electron chi connectivity index (χ4n) is 2.67. The summed E-state index contributed by atoms with van der Waals surface area (Å²) in [5.74, 6) is 0. The second kappa shape index (κ2) is 6.06. The lowest BCUT2D eigenvalue weighted by atomic mass is 9.92. The van der Waals surface area contributed by atoms with Gasteiger partial charge in [-0.3, -0.25) is 5.10 Å². The summed E-state index contributed by atoms with van der Waals surface area (Å²) >= 11 is 0. The molecule has 1 aliphatic carbocycles. The third kappa shape index (κ3) is 2.99. The Morgan fingerprint density at radius 1 is 1.30 bits per heavy atom. The molecule has 104 valence electrons. The van der Waals surface area contributed by atoms with Crippen molar-refractivity contribution in [2.75, 3.05) is 0 Å². The van der Waals surface area contributed by atoms with Crippen molar-refractivity contribution in [3.8, 4) is 0 Å². The van der Waals surface area contributed by atoms with Gasteiger partial charge in [-0.05, 0) is 37.3 Å². The molecular formula is C17H20N2O. The quantitative estimate of drug-likeness (QED) is 0.914. The summed E-state index contributed by atoms with van der Waals surface area (Å²) in [7, 11) is 0. The number of allylic oxidation sites excluding steroid dienone is 1. The molecule has 3 nitrogen and oxygen atoms in total. The zero-order chi connectivity index (χ0) is 13.8. The number of benzene rings is 1. The van der Waals surface area contributed by atoms with Crippen molar-refractivity contribution in [3.05, 3.63) is 59.4 Å². The summed E-state index contributed by atoms with van der Waals surface area (Å²) in [4.78, 5) is 0. The summed E-state index contributed by atoms with van der Waals surface area (Å²) in [6.07, 6.45) is 7.71. The van der Waals surface area contributed by atoms with Gasteiger partial charge in [0.25, 0.3) is 0 Å². The molecule has 1 N–H and O–H groups in total. The van der Waals surface area contributed by atoms with Crippen molar-refractivity contribution in [1.82, 2.24) is 10.2 Å². The SMILES string of the molecule is Cc1[nH]ncc1C1=CC[C@@H](OCc2ccccc2)CC1. The van der Waals surface area contributed by atoms with E-state index in [0.717, 1.165) is 25.0 Å². The number of rotatable bonds is 4. The zero-order valence-corrected chi connectivity index (χ0v) is 11.8. The summed E-state index contributed by atoms with van der Waals surface area (Å²) in [5, 5.41) is 7.10. The Bertz CT molecular complexity index is 586. The van der Waals surface area contributed by atoms with Crippen molar-refractivity contribution in [1.29, 1.82) is 0 Å². The van der Waals surface area contributed by atoms with Crippen molar-refractivity contribution in [3.63, 3.8) is 0 Å². The molecule has 1 atom stereocenters. The molecular weight excluding hydrogens is 248 g/mol. The molecule has 1 heterocycles. The minimum Gasteiger partial charge on any atom is -0.373 e. The highest BCUT2D eigenvalue weighted by Crippen LogP contribution is 2.29. The molecule has 1 aromatic heterocycles. The molecule has 0 spiro atoms. The van der Waals surface area contributed by atoms with Gasteiger partial charge >= 0.3 is 0 Å². The number of hydrogen-bond acceptors (Lipinski definition) is 2. The van der Waals surface area contributed by atoms with Gasteiger partial charge in [-0.2, -0.15) is 5.10 Å². The second-order valence-electron chi connectivity index (χ2n) is 5.33. The number of aromatic amines is 1. The Morgan fingerprint density at radius 3 is 2.80 bits per heavy atom. The molecule has 3 rings (SSSR count). The molecule has 0 amide bonds. The number of H-pyrrole nitrogens is 1. The fraction of sp³-hybridized carbons (Fsp3) is 0.353. The normalized spacial score (nSPS) is 18.9. The highest BCUT2D eigenvalue weighted by molar-refractivity contribution is 5.67. The summed E-state index contributed by atoms with van der Waals surface area (Å²) in [5.41, 5.74) is 5.05. The topological polar surface area (TPSA) is 37.9 Å². The number of ether oxygens (including phenoxy) is 1. The van der Waals surface area contributed by atoms with Crippen molar-refractivity contribution in [2.45, 2.75) is 38.9 Å². The van der Waals surface area contributed by atoms with Crippen LogP contribution in [0.4, 0.5) is 0 Å². The monoisotopic (exact) mass is 268 g/mol. The first-order valence-corrected chi connectivity index (χ1v) is 7.18. The van der Waals surface area contributed by atoms with Gasteiger partial charge in [0.1, 0.15) is 0 Å². The molecule has 1 aliphatic rings. The zero-order valence-electron chi connectivity index (χ0n) is 11.8. The Hall–Kier alpha value is -1.87. The molecule has 0 unspecified atom stereocenters. The largest absolute Gasteiger partial charge is 0.373 e. The third-order valence-electron chi connectivity index (χ3n) is 3.87. The van der Waals surface area contributed by atoms with E-state index < -0.39 is 0 Å². The van der Waals surface area contributed by atoms with Crippen LogP contribution in [0.1, 0.15) is 36.1 Å². The van der Waals surface area contributed by atoms with Gasteiger partial charge in [-0.25, -0.2) is 0 Å². The molecule has 3 heteroatoms. The molecule has 0 fully saturated rings. The Kier molecular flexibility index (Phi) is 3.97. The number of aromatic nitrogens is 2. The first kappa shape index (κ1) is 13.1. The van der Waals surface area contributed by atoms with E-state index in [1.807, 2.05) is 12.3 Å². The lowest BCUT2D eigenvalue weighted by Crippen LogP contribution is -2.15. The van der Waals surface area contributed by atoms with E-state index in [1.54, 1.807) is 0 Å². The van der Waals surface area contributed by atoms with Crippen molar-refractivity contribution < 1.29 is 4.74 Å². The van der Waals surface area contributed by atoms with Crippen LogP contribution < -0.4 is 0 Å². The smallest absolute Gasteiger partial charge is 0.0720 e. The molecule has 0 aliphatic heterocycles. The Labute approximate surface area is 119 Å². The molecule has 0 saturated heterocycles. The molecule has 0 bridgehead atoms. The van der Waals surface area contributed by atoms with E-state index in [4.69, 9.17) is 4.74 Å². The number of hydrogen-bond donors (Lipinski definition) is 1. The van der Waals surface area contributed by atoms with Crippen LogP contribution in [0.3, 0.4) is 0 Å². The van der Waals surface area contributed by atoms with Crippen LogP contribution in [0.25, 0.3) is 5.57 Å². The standard InChI is InChI=1S/C17H20N2O/c1-13-17(11-18-19-13)15-7-9-16(10-8-15)20-12-14-5-3-2-4-6-14/h2-7,11,16H,8-10,12H2,1H3,(H,18,19)/t16-/m1/s1. The maximum atomic E-state index is 6.00. The van der Waals surface area contributed by atoms with Crippen LogP contribution in [-0.4, -0.2) is 16.3 Å². The average Bonchev–Trinajstić information content (AvgIpc) is 2.93. The molecule has 20 heavy (non-hydrogen) atoms. The molecule has 1 aromatic carbocycles. The van der Waals surface area contributed by atoms with Gasteiger partial charge in [0.05, 0.1) is 18.9 Å². The highest BCUT2D eigenvalue weighted by Gasteiger charge is 2.17. The van der Waals surface area contributed by atoms with Crippen LogP contribution in [-0.2, 0) is 11.3 Å². The van der Waals surface area contributed by atoms with Crippen LogP contribution in [0.5, 0.6) is 0 Å². The van der Waals surface area contributed by atoms with Gasteiger partial charge in [0.15, 0.2) is 0 Å². The lowest BCUT2D eigenvalue weighted by molar-refractivity contribution is 0.0360. The van der Waals surface area contributed by atoms with Crippen molar-refractivity contribution >= 4 is 5.57 Å². The first-order chi connectivity index (χ1) is 9.83. The van der Waals surface area contributed by atoms with Gasteiger partial charge in [0.2, 0.25) is 0 Å². The minimum atomic E-state index is 0.339. The maximum absolute atomic E-state index is 6.00. The predicted molar refractivity (Wildman–Crippen MR) is 80.2 cm³/mol. The Morgan fingerprint density at radius 2 is 2.15 bits per heavy atom. The van der Waals surface area contributed by atoms with Crippen LogP contribution in [0, 0.1) is 6.92 Å². The van der Waals surface area contributed by atoms with Crippen LogP contribution >= 0.6 is 0 Å². The molecule has 0 radical (unpaired) electrons. The highest BCUT2D eigenvalue weighted by atomic mass is 16.5. The molecule has 2 aromatic rings. The van der Waals surface area contributed by atoms with Gasteiger partial charge < -0.3 is 4.74 Å². The maximum Gasteiger partial charge on any atom is 0.0720 e. The summed E-state index contributed by atoms with van der Waals surface area (Å²) in [6.45, 7) is 2.78. The third-order valence-corrected chi connectivity index (χ3v) is 3.87. The van der Waals surface area contributed by atoms with E-state index in [-0.39, 0.29) is 0 Å². The first-order valence-electron chi connectivity index (χ1n) is 7.18. The predicted octanol–water partition coefficient (Wildman–Crippen LogP) is 3.87. The Balaban J connectivity index is 1.56. The lowest BCUT2D eigenvalue weighted by Gasteiger charge is -2.22. The van der Waals surface area contributed by atoms with E-state index in [9.17, 15) is 0 Å². The van der Waals surface area contributed by atoms with E-state index in [0.29, 0.717) is 12.7 Å². The van der Waals surface area contributed by atoms with Gasteiger partial charge in [-0.15, -0.1) is 0 Å².